The van der Waals surface area contributed by atoms with E-state index < -0.39 is 0 Å². The van der Waals surface area contributed by atoms with E-state index in [9.17, 15) is 8.78 Å². The number of nitrogens with zero attached hydrogens (tertiary/aromatic N) is 2. The maximum atomic E-state index is 13.3. The molecule has 0 amide bonds. The molecule has 1 aromatic heterocycles. The van der Waals surface area contributed by atoms with Gasteiger partial charge in [-0.25, -0.2) is 13.8 Å². The van der Waals surface area contributed by atoms with Crippen molar-refractivity contribution in [3.63, 3.8) is 0 Å². The monoisotopic (exact) mass is 432 g/mol. The van der Waals surface area contributed by atoms with E-state index in [1.54, 1.807) is 30.0 Å². The molecule has 0 saturated heterocycles. The second kappa shape index (κ2) is 9.01. The zero-order valence-corrected chi connectivity index (χ0v) is 17.1. The number of rotatable bonds is 7. The lowest BCUT2D eigenvalue weighted by atomic mass is 10.2. The predicted molar refractivity (Wildman–Crippen MR) is 114 cm³/mol. The molecule has 1 aliphatic heterocycles. The van der Waals surface area contributed by atoms with Crippen molar-refractivity contribution in [3.05, 3.63) is 94.3 Å². The second-order valence-electron chi connectivity index (χ2n) is 6.80. The van der Waals surface area contributed by atoms with Gasteiger partial charge in [0.05, 0.1) is 6.04 Å². The number of aliphatic imine (C=N–C) groups is 1. The fourth-order valence-electron chi connectivity index (χ4n) is 3.11. The Kier molecular flexibility index (Phi) is 6.21. The minimum atomic E-state index is -0.351. The highest BCUT2D eigenvalue weighted by atomic mass is 35.5. The summed E-state index contributed by atoms with van der Waals surface area (Å²) in [5.41, 5.74) is 2.79. The molecule has 0 saturated carbocycles. The van der Waals surface area contributed by atoms with Crippen LogP contribution in [0.4, 0.5) is 8.78 Å². The van der Waals surface area contributed by atoms with Gasteiger partial charge in [0.25, 0.3) is 0 Å². The van der Waals surface area contributed by atoms with E-state index in [1.165, 1.54) is 24.3 Å². The van der Waals surface area contributed by atoms with Crippen LogP contribution in [0.2, 0.25) is 5.02 Å². The summed E-state index contributed by atoms with van der Waals surface area (Å²) in [4.78, 5) is 4.71. The molecule has 1 aliphatic rings. The molecule has 0 radical (unpaired) electrons. The summed E-state index contributed by atoms with van der Waals surface area (Å²) in [5, 5.41) is 0.397. The number of benzene rings is 2. The molecule has 0 fully saturated rings. The van der Waals surface area contributed by atoms with E-state index in [0.29, 0.717) is 24.1 Å². The zero-order valence-electron chi connectivity index (χ0n) is 15.5. The van der Waals surface area contributed by atoms with Crippen LogP contribution in [0.15, 0.2) is 65.8 Å². The first kappa shape index (κ1) is 20.0. The quantitative estimate of drug-likeness (QED) is 0.489. The summed E-state index contributed by atoms with van der Waals surface area (Å²) in [6.45, 7) is 1.04. The molecule has 29 heavy (non-hydrogen) atoms. The van der Waals surface area contributed by atoms with Gasteiger partial charge in [-0.3, -0.25) is 0 Å². The highest BCUT2D eigenvalue weighted by molar-refractivity contribution is 7.98. The Hall–Kier alpha value is -2.31. The minimum absolute atomic E-state index is 0.0770. The van der Waals surface area contributed by atoms with Gasteiger partial charge in [0, 0.05) is 29.3 Å². The molecule has 0 bridgehead atoms. The standard InChI is InChI=1S/C22H19ClF2N2OS/c23-20-10-18(25)8-5-16(20)11-27-9-1-2-21(27)22-26-19(12-28-22)14-29-13-15-3-6-17(24)7-4-15/h1-10,19H,11-14H2/t19-/m1/s1. The third-order valence-electron chi connectivity index (χ3n) is 4.61. The molecule has 0 aliphatic carbocycles. The molecule has 7 heteroatoms. The Morgan fingerprint density at radius 3 is 2.69 bits per heavy atom. The Labute approximate surface area is 177 Å². The van der Waals surface area contributed by atoms with E-state index in [2.05, 4.69) is 0 Å². The van der Waals surface area contributed by atoms with Crippen molar-refractivity contribution < 1.29 is 13.5 Å². The smallest absolute Gasteiger partial charge is 0.233 e. The fraction of sp³-hybridized carbons (Fsp3) is 0.227. The summed E-state index contributed by atoms with van der Waals surface area (Å²) in [7, 11) is 0. The van der Waals surface area contributed by atoms with Gasteiger partial charge in [-0.1, -0.05) is 29.8 Å². The van der Waals surface area contributed by atoms with E-state index >= 15 is 0 Å². The van der Waals surface area contributed by atoms with Gasteiger partial charge in [-0.2, -0.15) is 11.8 Å². The van der Waals surface area contributed by atoms with Crippen LogP contribution in [0.25, 0.3) is 0 Å². The Balaban J connectivity index is 1.38. The third-order valence-corrected chi connectivity index (χ3v) is 6.12. The number of hydrogen-bond acceptors (Lipinski definition) is 3. The van der Waals surface area contributed by atoms with Gasteiger partial charge in [0.2, 0.25) is 5.90 Å². The first-order chi connectivity index (χ1) is 14.1. The molecule has 4 rings (SSSR count). The van der Waals surface area contributed by atoms with Gasteiger partial charge in [-0.15, -0.1) is 0 Å². The fourth-order valence-corrected chi connectivity index (χ4v) is 4.33. The van der Waals surface area contributed by atoms with Gasteiger partial charge < -0.3 is 9.30 Å². The number of ether oxygens (including phenoxy) is 1. The summed E-state index contributed by atoms with van der Waals surface area (Å²) >= 11 is 7.91. The number of aromatic nitrogens is 1. The maximum absolute atomic E-state index is 13.3. The normalized spacial score (nSPS) is 16.0. The molecule has 0 unspecified atom stereocenters. The predicted octanol–water partition coefficient (Wildman–Crippen LogP) is 5.55. The molecule has 150 valence electrons. The number of hydrogen-bond donors (Lipinski definition) is 0. The lowest BCUT2D eigenvalue weighted by Crippen LogP contribution is -2.11. The van der Waals surface area contributed by atoms with Crippen molar-refractivity contribution >= 4 is 29.3 Å². The topological polar surface area (TPSA) is 26.5 Å². The van der Waals surface area contributed by atoms with Gasteiger partial charge in [0.15, 0.2) is 0 Å². The molecule has 3 nitrogen and oxygen atoms in total. The molecular weight excluding hydrogens is 414 g/mol. The first-order valence-electron chi connectivity index (χ1n) is 9.21. The number of halogens is 3. The number of thioether (sulfide) groups is 1. The SMILES string of the molecule is Fc1ccc(CSC[C@H]2COC(c3cccn3Cc3ccc(F)cc3Cl)=N2)cc1. The van der Waals surface area contributed by atoms with Gasteiger partial charge in [0.1, 0.15) is 23.9 Å². The summed E-state index contributed by atoms with van der Waals surface area (Å²) < 4.78 is 34.1. The molecule has 3 aromatic rings. The van der Waals surface area contributed by atoms with Crippen LogP contribution in [0.5, 0.6) is 0 Å². The molecule has 0 N–H and O–H groups in total. The van der Waals surface area contributed by atoms with Crippen LogP contribution in [0.1, 0.15) is 16.8 Å². The van der Waals surface area contributed by atoms with Crippen molar-refractivity contribution in [1.82, 2.24) is 4.57 Å². The highest BCUT2D eigenvalue weighted by Crippen LogP contribution is 2.22. The van der Waals surface area contributed by atoms with Crippen LogP contribution in [-0.2, 0) is 17.0 Å². The van der Waals surface area contributed by atoms with Crippen molar-refractivity contribution in [2.24, 2.45) is 4.99 Å². The Morgan fingerprint density at radius 2 is 1.90 bits per heavy atom. The van der Waals surface area contributed by atoms with E-state index in [0.717, 1.165) is 28.3 Å². The van der Waals surface area contributed by atoms with Crippen LogP contribution in [0, 0.1) is 11.6 Å². The third kappa shape index (κ3) is 5.00. The van der Waals surface area contributed by atoms with Crippen LogP contribution in [0.3, 0.4) is 0 Å². The van der Waals surface area contributed by atoms with Crippen LogP contribution >= 0.6 is 23.4 Å². The van der Waals surface area contributed by atoms with Crippen molar-refractivity contribution in [1.29, 1.82) is 0 Å². The Bertz CT molecular complexity index is 1020. The molecular formula is C22H19ClF2N2OS. The first-order valence-corrected chi connectivity index (χ1v) is 10.7. The summed E-state index contributed by atoms with van der Waals surface area (Å²) in [5.74, 6) is 1.67. The summed E-state index contributed by atoms with van der Waals surface area (Å²) in [6, 6.07) is 14.9. The van der Waals surface area contributed by atoms with E-state index in [1.807, 2.05) is 22.9 Å². The molecule has 2 aromatic carbocycles. The zero-order chi connectivity index (χ0) is 20.2. The molecule has 2 heterocycles. The van der Waals surface area contributed by atoms with Gasteiger partial charge >= 0.3 is 0 Å². The highest BCUT2D eigenvalue weighted by Gasteiger charge is 2.22. The lowest BCUT2D eigenvalue weighted by molar-refractivity contribution is 0.323. The van der Waals surface area contributed by atoms with Crippen molar-refractivity contribution in [2.45, 2.75) is 18.3 Å². The van der Waals surface area contributed by atoms with Crippen molar-refractivity contribution in [2.75, 3.05) is 12.4 Å². The lowest BCUT2D eigenvalue weighted by Gasteiger charge is -2.10. The Morgan fingerprint density at radius 1 is 1.10 bits per heavy atom. The van der Waals surface area contributed by atoms with E-state index in [-0.39, 0.29) is 17.7 Å². The average Bonchev–Trinajstić information content (AvgIpc) is 3.35. The van der Waals surface area contributed by atoms with Crippen LogP contribution in [-0.4, -0.2) is 28.9 Å². The maximum Gasteiger partial charge on any atom is 0.233 e. The molecule has 1 atom stereocenters. The van der Waals surface area contributed by atoms with Crippen molar-refractivity contribution in [3.8, 4) is 0 Å². The second-order valence-corrected chi connectivity index (χ2v) is 8.24. The average molecular weight is 433 g/mol. The summed E-state index contributed by atoms with van der Waals surface area (Å²) in [6.07, 6.45) is 1.93. The largest absolute Gasteiger partial charge is 0.474 e. The molecule has 0 spiro atoms. The van der Waals surface area contributed by atoms with Gasteiger partial charge in [-0.05, 0) is 47.5 Å². The van der Waals surface area contributed by atoms with E-state index in [4.69, 9.17) is 21.3 Å². The minimum Gasteiger partial charge on any atom is -0.474 e. The van der Waals surface area contributed by atoms with Crippen LogP contribution < -0.4 is 0 Å².